The fourth-order valence-electron chi connectivity index (χ4n) is 1.55. The van der Waals surface area contributed by atoms with Crippen LogP contribution in [0, 0.1) is 0 Å². The van der Waals surface area contributed by atoms with Gasteiger partial charge in [-0.25, -0.2) is 4.79 Å². The van der Waals surface area contributed by atoms with Crippen LogP contribution in [-0.2, 0) is 6.54 Å². The Labute approximate surface area is 106 Å². The van der Waals surface area contributed by atoms with E-state index >= 15 is 0 Å². The highest BCUT2D eigenvalue weighted by molar-refractivity contribution is 9.11. The highest BCUT2D eigenvalue weighted by Gasteiger charge is 2.07. The third-order valence-corrected chi connectivity index (χ3v) is 3.99. The Morgan fingerprint density at radius 1 is 1.38 bits per heavy atom. The predicted molar refractivity (Wildman–Crippen MR) is 70.2 cm³/mol. The summed E-state index contributed by atoms with van der Waals surface area (Å²) in [6, 6.07) is 4.25. The topological polar surface area (TPSA) is 26.9 Å². The summed E-state index contributed by atoms with van der Waals surface area (Å²) in [6.45, 7) is 4.66. The second-order valence-corrected chi connectivity index (χ2v) is 6.46. The minimum atomic E-state index is 0.0551. The zero-order chi connectivity index (χ0) is 11.7. The maximum atomic E-state index is 11.9. The van der Waals surface area contributed by atoms with Gasteiger partial charge in [-0.05, 0) is 41.9 Å². The van der Waals surface area contributed by atoms with E-state index in [-0.39, 0.29) is 11.7 Å². The number of nitrogens with zero attached hydrogens (tertiary/aromatic N) is 2. The van der Waals surface area contributed by atoms with Gasteiger partial charge in [0.05, 0.1) is 10.3 Å². The molecule has 86 valence electrons. The van der Waals surface area contributed by atoms with Crippen molar-refractivity contribution in [3.05, 3.63) is 43.7 Å². The molecule has 0 aliphatic heterocycles. The molecule has 0 N–H and O–H groups in total. The molecule has 3 nitrogen and oxygen atoms in total. The van der Waals surface area contributed by atoms with Crippen LogP contribution in [0.4, 0.5) is 0 Å². The van der Waals surface area contributed by atoms with Gasteiger partial charge in [0.25, 0.3) is 0 Å². The molecule has 0 amide bonds. The SMILES string of the molecule is CC(C)n1ccn(Cc2ccc(Br)s2)c1=O. The molecule has 16 heavy (non-hydrogen) atoms. The smallest absolute Gasteiger partial charge is 0.297 e. The first-order chi connectivity index (χ1) is 7.58. The van der Waals surface area contributed by atoms with E-state index in [4.69, 9.17) is 0 Å². The van der Waals surface area contributed by atoms with E-state index in [0.29, 0.717) is 6.54 Å². The van der Waals surface area contributed by atoms with Gasteiger partial charge < -0.3 is 0 Å². The number of hydrogen-bond acceptors (Lipinski definition) is 2. The lowest BCUT2D eigenvalue weighted by molar-refractivity contribution is 0.562. The quantitative estimate of drug-likeness (QED) is 0.856. The van der Waals surface area contributed by atoms with Gasteiger partial charge in [-0.2, -0.15) is 0 Å². The van der Waals surface area contributed by atoms with Crippen LogP contribution in [0.1, 0.15) is 24.8 Å². The molecular weight excluding hydrogens is 288 g/mol. The molecule has 0 aromatic carbocycles. The van der Waals surface area contributed by atoms with Crippen LogP contribution < -0.4 is 5.69 Å². The van der Waals surface area contributed by atoms with Crippen molar-refractivity contribution in [3.8, 4) is 0 Å². The first-order valence-electron chi connectivity index (χ1n) is 5.09. The number of halogens is 1. The molecule has 0 bridgehead atoms. The molecule has 0 radical (unpaired) electrons. The van der Waals surface area contributed by atoms with E-state index in [1.807, 2.05) is 38.4 Å². The Morgan fingerprint density at radius 3 is 2.62 bits per heavy atom. The van der Waals surface area contributed by atoms with Gasteiger partial charge in [-0.1, -0.05) is 0 Å². The van der Waals surface area contributed by atoms with Gasteiger partial charge in [0.1, 0.15) is 0 Å². The van der Waals surface area contributed by atoms with Crippen LogP contribution in [0.5, 0.6) is 0 Å². The second-order valence-electron chi connectivity index (χ2n) is 3.92. The van der Waals surface area contributed by atoms with Gasteiger partial charge in [0.2, 0.25) is 0 Å². The average molecular weight is 301 g/mol. The molecule has 0 saturated heterocycles. The van der Waals surface area contributed by atoms with Crippen molar-refractivity contribution in [1.29, 1.82) is 0 Å². The van der Waals surface area contributed by atoms with Gasteiger partial charge in [-0.3, -0.25) is 9.13 Å². The van der Waals surface area contributed by atoms with Gasteiger partial charge in [-0.15, -0.1) is 11.3 Å². The van der Waals surface area contributed by atoms with E-state index in [1.165, 1.54) is 4.88 Å². The van der Waals surface area contributed by atoms with Crippen molar-refractivity contribution in [2.45, 2.75) is 26.4 Å². The van der Waals surface area contributed by atoms with E-state index in [0.717, 1.165) is 3.79 Å². The molecule has 0 aliphatic rings. The molecule has 0 atom stereocenters. The van der Waals surface area contributed by atoms with Gasteiger partial charge in [0, 0.05) is 23.3 Å². The average Bonchev–Trinajstić information content (AvgIpc) is 2.76. The second kappa shape index (κ2) is 4.59. The molecule has 0 fully saturated rings. The fourth-order valence-corrected chi connectivity index (χ4v) is 3.03. The zero-order valence-corrected chi connectivity index (χ0v) is 11.6. The number of aromatic nitrogens is 2. The molecule has 5 heteroatoms. The maximum Gasteiger partial charge on any atom is 0.328 e. The Balaban J connectivity index is 2.26. The molecule has 0 saturated carbocycles. The lowest BCUT2D eigenvalue weighted by atomic mass is 10.4. The van der Waals surface area contributed by atoms with Crippen molar-refractivity contribution >= 4 is 27.3 Å². The minimum Gasteiger partial charge on any atom is -0.297 e. The Kier molecular flexibility index (Phi) is 3.35. The van der Waals surface area contributed by atoms with E-state index in [2.05, 4.69) is 15.9 Å². The largest absolute Gasteiger partial charge is 0.328 e. The Bertz CT molecular complexity index is 538. The summed E-state index contributed by atoms with van der Waals surface area (Å²) in [6.07, 6.45) is 3.69. The van der Waals surface area contributed by atoms with Crippen LogP contribution >= 0.6 is 27.3 Å². The van der Waals surface area contributed by atoms with Crippen molar-refractivity contribution in [2.75, 3.05) is 0 Å². The molecule has 0 aliphatic carbocycles. The van der Waals surface area contributed by atoms with Crippen molar-refractivity contribution in [2.24, 2.45) is 0 Å². The van der Waals surface area contributed by atoms with E-state index < -0.39 is 0 Å². The summed E-state index contributed by atoms with van der Waals surface area (Å²) in [5.74, 6) is 0. The zero-order valence-electron chi connectivity index (χ0n) is 9.18. The molecule has 2 rings (SSSR count). The third kappa shape index (κ3) is 2.30. The number of rotatable bonds is 3. The summed E-state index contributed by atoms with van der Waals surface area (Å²) in [4.78, 5) is 13.1. The third-order valence-electron chi connectivity index (χ3n) is 2.39. The molecule has 2 heterocycles. The molecule has 2 aromatic heterocycles. The summed E-state index contributed by atoms with van der Waals surface area (Å²) < 4.78 is 4.57. The highest BCUT2D eigenvalue weighted by Crippen LogP contribution is 2.22. The molecular formula is C11H13BrN2OS. The summed E-state index contributed by atoms with van der Waals surface area (Å²) in [5.41, 5.74) is 0.0551. The number of imidazole rings is 1. The first kappa shape index (κ1) is 11.7. The highest BCUT2D eigenvalue weighted by atomic mass is 79.9. The van der Waals surface area contributed by atoms with Gasteiger partial charge in [0.15, 0.2) is 0 Å². The van der Waals surface area contributed by atoms with E-state index in [9.17, 15) is 4.79 Å². The van der Waals surface area contributed by atoms with Crippen LogP contribution in [0.2, 0.25) is 0 Å². The lowest BCUT2D eigenvalue weighted by Crippen LogP contribution is -2.25. The molecule has 0 spiro atoms. The first-order valence-corrected chi connectivity index (χ1v) is 6.70. The number of thiophene rings is 1. The van der Waals surface area contributed by atoms with Gasteiger partial charge >= 0.3 is 5.69 Å². The van der Waals surface area contributed by atoms with Crippen molar-refractivity contribution in [3.63, 3.8) is 0 Å². The lowest BCUT2D eigenvalue weighted by Gasteiger charge is -2.04. The standard InChI is InChI=1S/C11H13BrN2OS/c1-8(2)14-6-5-13(11(14)15)7-9-3-4-10(12)16-9/h3-6,8H,7H2,1-2H3. The predicted octanol–water partition coefficient (Wildman–Crippen LogP) is 3.10. The molecule has 2 aromatic rings. The minimum absolute atomic E-state index is 0.0551. The molecule has 0 unspecified atom stereocenters. The normalized spacial score (nSPS) is 11.2. The summed E-state index contributed by atoms with van der Waals surface area (Å²) in [7, 11) is 0. The van der Waals surface area contributed by atoms with Crippen molar-refractivity contribution in [1.82, 2.24) is 9.13 Å². The Morgan fingerprint density at radius 2 is 2.12 bits per heavy atom. The number of hydrogen-bond donors (Lipinski definition) is 0. The fraction of sp³-hybridized carbons (Fsp3) is 0.364. The monoisotopic (exact) mass is 300 g/mol. The van der Waals surface area contributed by atoms with E-state index in [1.54, 1.807) is 20.5 Å². The van der Waals surface area contributed by atoms with Crippen LogP contribution in [0.3, 0.4) is 0 Å². The maximum absolute atomic E-state index is 11.9. The Hall–Kier alpha value is -0.810. The summed E-state index contributed by atoms with van der Waals surface area (Å²) in [5, 5.41) is 0. The van der Waals surface area contributed by atoms with Crippen molar-refractivity contribution < 1.29 is 0 Å². The summed E-state index contributed by atoms with van der Waals surface area (Å²) >= 11 is 5.07. The van der Waals surface area contributed by atoms with Crippen LogP contribution in [0.25, 0.3) is 0 Å². The van der Waals surface area contributed by atoms with Crippen LogP contribution in [0.15, 0.2) is 33.1 Å². The van der Waals surface area contributed by atoms with Crippen LogP contribution in [-0.4, -0.2) is 9.13 Å².